The minimum atomic E-state index is -4.43. The number of hydrogen-bond donors (Lipinski definition) is 2. The SMILES string of the molecule is CCNCC(O)c1cnc(C(F)(F)F)s1. The fraction of sp³-hybridized carbons (Fsp3) is 0.625. The van der Waals surface area contributed by atoms with Crippen molar-refractivity contribution in [2.75, 3.05) is 13.1 Å². The molecule has 0 aliphatic rings. The second kappa shape index (κ2) is 4.91. The third kappa shape index (κ3) is 3.44. The molecule has 0 aromatic carbocycles. The zero-order valence-electron chi connectivity index (χ0n) is 8.01. The Bertz CT molecular complexity index is 313. The van der Waals surface area contributed by atoms with Gasteiger partial charge in [0.05, 0.1) is 4.88 Å². The highest BCUT2D eigenvalue weighted by atomic mass is 32.1. The van der Waals surface area contributed by atoms with E-state index in [1.54, 1.807) is 0 Å². The van der Waals surface area contributed by atoms with Crippen molar-refractivity contribution >= 4 is 11.3 Å². The molecule has 1 rings (SSSR count). The van der Waals surface area contributed by atoms with Crippen LogP contribution in [0.1, 0.15) is 22.9 Å². The van der Waals surface area contributed by atoms with Crippen LogP contribution in [0.5, 0.6) is 0 Å². The number of likely N-dealkylation sites (N-methyl/N-ethyl adjacent to an activating group) is 1. The lowest BCUT2D eigenvalue weighted by molar-refractivity contribution is -0.137. The van der Waals surface area contributed by atoms with E-state index in [4.69, 9.17) is 0 Å². The molecule has 0 amide bonds. The Morgan fingerprint density at radius 2 is 2.27 bits per heavy atom. The molecule has 86 valence electrons. The molecular formula is C8H11F3N2OS. The molecule has 0 radical (unpaired) electrons. The molecule has 15 heavy (non-hydrogen) atoms. The summed E-state index contributed by atoms with van der Waals surface area (Å²) >= 11 is 0.472. The van der Waals surface area contributed by atoms with Gasteiger partial charge < -0.3 is 10.4 Å². The van der Waals surface area contributed by atoms with Gasteiger partial charge in [0.2, 0.25) is 0 Å². The number of rotatable bonds is 4. The molecule has 0 bridgehead atoms. The summed E-state index contributed by atoms with van der Waals surface area (Å²) in [7, 11) is 0. The van der Waals surface area contributed by atoms with Crippen LogP contribution in [0.15, 0.2) is 6.20 Å². The predicted octanol–water partition coefficient (Wildman–Crippen LogP) is 1.80. The molecule has 0 spiro atoms. The fourth-order valence-electron chi connectivity index (χ4n) is 0.953. The lowest BCUT2D eigenvalue weighted by Crippen LogP contribution is -2.20. The van der Waals surface area contributed by atoms with Crippen LogP contribution in [0, 0.1) is 0 Å². The number of alkyl halides is 3. The molecule has 0 saturated heterocycles. The predicted molar refractivity (Wildman–Crippen MR) is 50.6 cm³/mol. The van der Waals surface area contributed by atoms with Crippen LogP contribution >= 0.6 is 11.3 Å². The molecule has 2 N–H and O–H groups in total. The Hall–Kier alpha value is -0.660. The van der Waals surface area contributed by atoms with Gasteiger partial charge in [0.25, 0.3) is 0 Å². The minimum absolute atomic E-state index is 0.225. The Morgan fingerprint density at radius 1 is 1.60 bits per heavy atom. The number of aliphatic hydroxyl groups excluding tert-OH is 1. The number of nitrogens with one attached hydrogen (secondary N) is 1. The van der Waals surface area contributed by atoms with Crippen LogP contribution < -0.4 is 5.32 Å². The van der Waals surface area contributed by atoms with Crippen molar-refractivity contribution < 1.29 is 18.3 Å². The monoisotopic (exact) mass is 240 g/mol. The molecule has 7 heteroatoms. The summed E-state index contributed by atoms with van der Waals surface area (Å²) < 4.78 is 36.5. The zero-order chi connectivity index (χ0) is 11.5. The molecule has 1 atom stereocenters. The van der Waals surface area contributed by atoms with E-state index in [0.29, 0.717) is 17.9 Å². The van der Waals surface area contributed by atoms with E-state index < -0.39 is 17.3 Å². The lowest BCUT2D eigenvalue weighted by atomic mass is 10.3. The quantitative estimate of drug-likeness (QED) is 0.843. The summed E-state index contributed by atoms with van der Waals surface area (Å²) in [6.45, 7) is 2.73. The largest absolute Gasteiger partial charge is 0.443 e. The molecular weight excluding hydrogens is 229 g/mol. The number of nitrogens with zero attached hydrogens (tertiary/aromatic N) is 1. The van der Waals surface area contributed by atoms with Crippen molar-refractivity contribution in [2.45, 2.75) is 19.2 Å². The summed E-state index contributed by atoms with van der Waals surface area (Å²) in [5.41, 5.74) is 0. The second-order valence-corrected chi connectivity index (χ2v) is 3.95. The van der Waals surface area contributed by atoms with E-state index in [2.05, 4.69) is 10.3 Å². The first-order valence-electron chi connectivity index (χ1n) is 4.37. The molecule has 3 nitrogen and oxygen atoms in total. The zero-order valence-corrected chi connectivity index (χ0v) is 8.82. The molecule has 1 aromatic heterocycles. The Labute approximate surface area is 89.0 Å². The standard InChI is InChI=1S/C8H11F3N2OS/c1-2-12-3-5(14)6-4-13-7(15-6)8(9,10)11/h4-5,12,14H,2-3H2,1H3. The average Bonchev–Trinajstić information content (AvgIpc) is 2.62. The second-order valence-electron chi connectivity index (χ2n) is 2.89. The van der Waals surface area contributed by atoms with Gasteiger partial charge >= 0.3 is 6.18 Å². The Morgan fingerprint density at radius 3 is 2.73 bits per heavy atom. The molecule has 1 aromatic rings. The topological polar surface area (TPSA) is 45.1 Å². The molecule has 0 aliphatic carbocycles. The van der Waals surface area contributed by atoms with E-state index in [1.165, 1.54) is 0 Å². The highest BCUT2D eigenvalue weighted by Gasteiger charge is 2.35. The van der Waals surface area contributed by atoms with Crippen molar-refractivity contribution in [3.63, 3.8) is 0 Å². The van der Waals surface area contributed by atoms with Crippen LogP contribution in [0.25, 0.3) is 0 Å². The van der Waals surface area contributed by atoms with Gasteiger partial charge in [-0.25, -0.2) is 4.98 Å². The third-order valence-corrected chi connectivity index (χ3v) is 2.83. The van der Waals surface area contributed by atoms with E-state index in [1.807, 2.05) is 6.92 Å². The summed E-state index contributed by atoms with van der Waals surface area (Å²) in [6.07, 6.45) is -4.30. The number of thiazole rings is 1. The first kappa shape index (κ1) is 12.4. The van der Waals surface area contributed by atoms with Crippen molar-refractivity contribution in [3.8, 4) is 0 Å². The maximum absolute atomic E-state index is 12.2. The van der Waals surface area contributed by atoms with Crippen LogP contribution in [-0.4, -0.2) is 23.2 Å². The summed E-state index contributed by atoms with van der Waals surface area (Å²) in [5.74, 6) is 0. The number of aliphatic hydroxyl groups is 1. The Balaban J connectivity index is 2.67. The van der Waals surface area contributed by atoms with Crippen molar-refractivity contribution in [1.29, 1.82) is 0 Å². The van der Waals surface area contributed by atoms with Crippen LogP contribution in [-0.2, 0) is 6.18 Å². The average molecular weight is 240 g/mol. The number of halogens is 3. The maximum Gasteiger partial charge on any atom is 0.443 e. The van der Waals surface area contributed by atoms with Gasteiger partial charge in [0.1, 0.15) is 6.10 Å². The molecule has 1 unspecified atom stereocenters. The highest BCUT2D eigenvalue weighted by molar-refractivity contribution is 7.11. The summed E-state index contributed by atoms with van der Waals surface area (Å²) in [6, 6.07) is 0. The molecule has 1 heterocycles. The van der Waals surface area contributed by atoms with E-state index in [-0.39, 0.29) is 11.4 Å². The smallest absolute Gasteiger partial charge is 0.386 e. The first-order chi connectivity index (χ1) is 6.95. The normalized spacial score (nSPS) is 14.2. The van der Waals surface area contributed by atoms with Gasteiger partial charge in [-0.1, -0.05) is 6.92 Å². The van der Waals surface area contributed by atoms with Crippen LogP contribution in [0.4, 0.5) is 13.2 Å². The van der Waals surface area contributed by atoms with Gasteiger partial charge in [-0.3, -0.25) is 0 Å². The van der Waals surface area contributed by atoms with Gasteiger partial charge in [0.15, 0.2) is 5.01 Å². The van der Waals surface area contributed by atoms with E-state index in [9.17, 15) is 18.3 Å². The summed E-state index contributed by atoms with van der Waals surface area (Å²) in [5, 5.41) is 11.4. The fourth-order valence-corrected chi connectivity index (χ4v) is 1.72. The lowest BCUT2D eigenvalue weighted by Gasteiger charge is -2.07. The first-order valence-corrected chi connectivity index (χ1v) is 5.18. The Kier molecular flexibility index (Phi) is 4.06. The van der Waals surface area contributed by atoms with E-state index >= 15 is 0 Å². The number of aromatic nitrogens is 1. The molecule has 0 saturated carbocycles. The van der Waals surface area contributed by atoms with Crippen LogP contribution in [0.2, 0.25) is 0 Å². The third-order valence-electron chi connectivity index (χ3n) is 1.68. The van der Waals surface area contributed by atoms with Gasteiger partial charge in [-0.05, 0) is 6.54 Å². The van der Waals surface area contributed by atoms with Crippen LogP contribution in [0.3, 0.4) is 0 Å². The van der Waals surface area contributed by atoms with Crippen molar-refractivity contribution in [1.82, 2.24) is 10.3 Å². The van der Waals surface area contributed by atoms with Crippen molar-refractivity contribution in [2.24, 2.45) is 0 Å². The molecule has 0 fully saturated rings. The van der Waals surface area contributed by atoms with Gasteiger partial charge in [0, 0.05) is 12.7 Å². The number of hydrogen-bond acceptors (Lipinski definition) is 4. The maximum atomic E-state index is 12.2. The minimum Gasteiger partial charge on any atom is -0.386 e. The van der Waals surface area contributed by atoms with Gasteiger partial charge in [-0.2, -0.15) is 13.2 Å². The van der Waals surface area contributed by atoms with Gasteiger partial charge in [-0.15, -0.1) is 11.3 Å². The van der Waals surface area contributed by atoms with E-state index in [0.717, 1.165) is 6.20 Å². The highest BCUT2D eigenvalue weighted by Crippen LogP contribution is 2.34. The van der Waals surface area contributed by atoms with Crippen molar-refractivity contribution in [3.05, 3.63) is 16.1 Å². The molecule has 0 aliphatic heterocycles. The summed E-state index contributed by atoms with van der Waals surface area (Å²) in [4.78, 5) is 3.45.